The van der Waals surface area contributed by atoms with Gasteiger partial charge in [0, 0.05) is 31.8 Å². The van der Waals surface area contributed by atoms with Crippen LogP contribution in [0.25, 0.3) is 6.08 Å². The Kier molecular flexibility index (Phi) is 6.08. The molecule has 1 unspecified atom stereocenters. The predicted octanol–water partition coefficient (Wildman–Crippen LogP) is 0.761. The molecule has 0 spiro atoms. The van der Waals surface area contributed by atoms with Crippen LogP contribution in [0.4, 0.5) is 0 Å². The maximum atomic E-state index is 12.2. The lowest BCUT2D eigenvalue weighted by Gasteiger charge is -2.31. The Balaban J connectivity index is 1.94. The van der Waals surface area contributed by atoms with Crippen molar-refractivity contribution < 1.29 is 24.2 Å². The highest BCUT2D eigenvalue weighted by Gasteiger charge is 2.24. The minimum Gasteiger partial charge on any atom is -0.481 e. The monoisotopic (exact) mass is 332 g/mol. The van der Waals surface area contributed by atoms with Crippen molar-refractivity contribution in [3.63, 3.8) is 0 Å². The molecule has 1 heterocycles. The Hall–Kier alpha value is -2.67. The number of carboxylic acid groups (broad SMARTS) is 1. The number of ether oxygens (including phenoxy) is 1. The molecule has 1 aliphatic heterocycles. The lowest BCUT2D eigenvalue weighted by molar-refractivity contribution is -0.145. The minimum atomic E-state index is -0.943. The summed E-state index contributed by atoms with van der Waals surface area (Å²) in [6.45, 7) is 1.04. The first kappa shape index (κ1) is 17.7. The molecule has 1 aromatic rings. The van der Waals surface area contributed by atoms with Crippen LogP contribution in [0.3, 0.4) is 0 Å². The van der Waals surface area contributed by atoms with Gasteiger partial charge in [-0.1, -0.05) is 12.1 Å². The number of nitrogens with zero attached hydrogens (tertiary/aromatic N) is 1. The summed E-state index contributed by atoms with van der Waals surface area (Å²) in [5, 5.41) is 11.3. The average Bonchev–Trinajstić information content (AvgIpc) is 2.59. The van der Waals surface area contributed by atoms with E-state index >= 15 is 0 Å². The maximum absolute atomic E-state index is 12.2. The second kappa shape index (κ2) is 8.26. The molecule has 0 aromatic heterocycles. The molecule has 2 N–H and O–H groups in total. The van der Waals surface area contributed by atoms with E-state index in [0.29, 0.717) is 18.7 Å². The SMILES string of the molecule is CNC(=O)c1ccc(C=CC(=O)N2CCOC(CC(=O)O)C2)cc1. The van der Waals surface area contributed by atoms with Gasteiger partial charge >= 0.3 is 5.97 Å². The summed E-state index contributed by atoms with van der Waals surface area (Å²) < 4.78 is 5.34. The first-order valence-corrected chi connectivity index (χ1v) is 7.62. The lowest BCUT2D eigenvalue weighted by Crippen LogP contribution is -2.45. The van der Waals surface area contributed by atoms with Gasteiger partial charge in [-0.3, -0.25) is 14.4 Å². The second-order valence-electron chi connectivity index (χ2n) is 5.41. The average molecular weight is 332 g/mol. The van der Waals surface area contributed by atoms with Gasteiger partial charge in [0.15, 0.2) is 0 Å². The quantitative estimate of drug-likeness (QED) is 0.776. The number of carbonyl (C=O) groups is 3. The summed E-state index contributed by atoms with van der Waals surface area (Å²) in [6, 6.07) is 6.86. The Labute approximate surface area is 139 Å². The number of carbonyl (C=O) groups excluding carboxylic acids is 2. The van der Waals surface area contributed by atoms with Crippen LogP contribution in [0.5, 0.6) is 0 Å². The zero-order valence-electron chi connectivity index (χ0n) is 13.4. The van der Waals surface area contributed by atoms with E-state index in [-0.39, 0.29) is 24.8 Å². The molecule has 24 heavy (non-hydrogen) atoms. The van der Waals surface area contributed by atoms with Gasteiger partial charge in [-0.15, -0.1) is 0 Å². The van der Waals surface area contributed by atoms with Crippen LogP contribution in [-0.4, -0.2) is 60.6 Å². The molecule has 0 saturated carbocycles. The summed E-state index contributed by atoms with van der Waals surface area (Å²) in [4.78, 5) is 36.0. The second-order valence-corrected chi connectivity index (χ2v) is 5.41. The summed E-state index contributed by atoms with van der Waals surface area (Å²) >= 11 is 0. The molecule has 1 atom stereocenters. The van der Waals surface area contributed by atoms with Gasteiger partial charge in [-0.2, -0.15) is 0 Å². The van der Waals surface area contributed by atoms with Crippen LogP contribution in [0, 0.1) is 0 Å². The summed E-state index contributed by atoms with van der Waals surface area (Å²) in [7, 11) is 1.56. The van der Waals surface area contributed by atoms with E-state index in [1.807, 2.05) is 0 Å². The van der Waals surface area contributed by atoms with Crippen LogP contribution in [-0.2, 0) is 14.3 Å². The molecule has 7 heteroatoms. The molecule has 0 radical (unpaired) electrons. The number of aliphatic carboxylic acids is 1. The highest BCUT2D eigenvalue weighted by molar-refractivity contribution is 5.94. The maximum Gasteiger partial charge on any atom is 0.306 e. The topological polar surface area (TPSA) is 95.9 Å². The Morgan fingerprint density at radius 3 is 2.67 bits per heavy atom. The number of rotatable bonds is 5. The van der Waals surface area contributed by atoms with E-state index in [1.54, 1.807) is 42.3 Å². The number of hydrogen-bond donors (Lipinski definition) is 2. The molecule has 2 amide bonds. The van der Waals surface area contributed by atoms with Gasteiger partial charge < -0.3 is 20.1 Å². The van der Waals surface area contributed by atoms with E-state index in [0.717, 1.165) is 5.56 Å². The molecule has 1 aliphatic rings. The molecule has 2 rings (SSSR count). The van der Waals surface area contributed by atoms with Crippen molar-refractivity contribution in [1.82, 2.24) is 10.2 Å². The van der Waals surface area contributed by atoms with E-state index in [4.69, 9.17) is 9.84 Å². The van der Waals surface area contributed by atoms with Crippen molar-refractivity contribution in [3.05, 3.63) is 41.5 Å². The third kappa shape index (κ3) is 4.92. The number of amides is 2. The molecule has 0 aliphatic carbocycles. The first-order chi connectivity index (χ1) is 11.5. The standard InChI is InChI=1S/C17H20N2O5/c1-18-17(23)13-5-2-12(3-6-13)4-7-15(20)19-8-9-24-14(11-19)10-16(21)22/h2-7,14H,8-11H2,1H3,(H,18,23)(H,21,22). The van der Waals surface area contributed by atoms with Crippen LogP contribution < -0.4 is 5.32 Å². The van der Waals surface area contributed by atoms with Gasteiger partial charge in [0.1, 0.15) is 0 Å². The highest BCUT2D eigenvalue weighted by atomic mass is 16.5. The summed E-state index contributed by atoms with van der Waals surface area (Å²) in [6.07, 6.45) is 2.52. The first-order valence-electron chi connectivity index (χ1n) is 7.62. The fourth-order valence-corrected chi connectivity index (χ4v) is 2.40. The number of hydrogen-bond acceptors (Lipinski definition) is 4. The van der Waals surface area contributed by atoms with Crippen molar-refractivity contribution in [2.75, 3.05) is 26.7 Å². The largest absolute Gasteiger partial charge is 0.481 e. The van der Waals surface area contributed by atoms with Crippen LogP contribution >= 0.6 is 0 Å². The number of benzene rings is 1. The van der Waals surface area contributed by atoms with Crippen LogP contribution in [0.15, 0.2) is 30.3 Å². The van der Waals surface area contributed by atoms with E-state index in [1.165, 1.54) is 6.08 Å². The summed E-state index contributed by atoms with van der Waals surface area (Å²) in [5.41, 5.74) is 1.34. The fraction of sp³-hybridized carbons (Fsp3) is 0.353. The Morgan fingerprint density at radius 1 is 1.33 bits per heavy atom. The molecule has 1 saturated heterocycles. The van der Waals surface area contributed by atoms with E-state index in [9.17, 15) is 14.4 Å². The number of morpholine rings is 1. The van der Waals surface area contributed by atoms with E-state index < -0.39 is 12.1 Å². The van der Waals surface area contributed by atoms with Gasteiger partial charge in [-0.05, 0) is 23.8 Å². The smallest absolute Gasteiger partial charge is 0.306 e. The summed E-state index contributed by atoms with van der Waals surface area (Å²) in [5.74, 6) is -1.30. The van der Waals surface area contributed by atoms with Crippen LogP contribution in [0.2, 0.25) is 0 Å². The molecule has 0 bridgehead atoms. The van der Waals surface area contributed by atoms with Gasteiger partial charge in [0.25, 0.3) is 5.91 Å². The van der Waals surface area contributed by atoms with Crippen molar-refractivity contribution in [1.29, 1.82) is 0 Å². The zero-order chi connectivity index (χ0) is 17.5. The Morgan fingerprint density at radius 2 is 2.04 bits per heavy atom. The third-order valence-corrected chi connectivity index (χ3v) is 3.67. The fourth-order valence-electron chi connectivity index (χ4n) is 2.40. The van der Waals surface area contributed by atoms with Crippen molar-refractivity contribution in [2.45, 2.75) is 12.5 Å². The number of nitrogens with one attached hydrogen (secondary N) is 1. The minimum absolute atomic E-state index is 0.117. The Bertz CT molecular complexity index is 639. The highest BCUT2D eigenvalue weighted by Crippen LogP contribution is 2.11. The van der Waals surface area contributed by atoms with Crippen molar-refractivity contribution >= 4 is 23.9 Å². The zero-order valence-corrected chi connectivity index (χ0v) is 13.4. The van der Waals surface area contributed by atoms with Crippen molar-refractivity contribution in [2.24, 2.45) is 0 Å². The molecular formula is C17H20N2O5. The van der Waals surface area contributed by atoms with Crippen molar-refractivity contribution in [3.8, 4) is 0 Å². The lowest BCUT2D eigenvalue weighted by atomic mass is 10.1. The van der Waals surface area contributed by atoms with E-state index in [2.05, 4.69) is 5.32 Å². The normalized spacial score (nSPS) is 17.7. The number of carboxylic acids is 1. The van der Waals surface area contributed by atoms with Gasteiger partial charge in [0.05, 0.1) is 19.1 Å². The molecular weight excluding hydrogens is 312 g/mol. The van der Waals surface area contributed by atoms with Gasteiger partial charge in [0.2, 0.25) is 5.91 Å². The van der Waals surface area contributed by atoms with Crippen LogP contribution in [0.1, 0.15) is 22.3 Å². The molecule has 128 valence electrons. The molecule has 1 fully saturated rings. The molecule has 7 nitrogen and oxygen atoms in total. The predicted molar refractivity (Wildman–Crippen MR) is 87.4 cm³/mol. The third-order valence-electron chi connectivity index (χ3n) is 3.67. The molecule has 1 aromatic carbocycles. The van der Waals surface area contributed by atoms with Gasteiger partial charge in [-0.25, -0.2) is 0 Å².